The monoisotopic (exact) mass is 275 g/mol. The molecule has 1 heterocycles. The molecule has 0 amide bonds. The lowest BCUT2D eigenvalue weighted by molar-refractivity contribution is 0.0601. The highest BCUT2D eigenvalue weighted by Gasteiger charge is 2.14. The molecule has 0 unspecified atom stereocenters. The van der Waals surface area contributed by atoms with Crippen LogP contribution in [-0.4, -0.2) is 22.9 Å². The van der Waals surface area contributed by atoms with Crippen molar-refractivity contribution in [1.82, 2.24) is 9.78 Å². The third kappa shape index (κ3) is 2.90. The highest BCUT2D eigenvalue weighted by molar-refractivity contribution is 5.96. The Morgan fingerprint density at radius 2 is 2.25 bits per heavy atom. The van der Waals surface area contributed by atoms with Gasteiger partial charge in [-0.2, -0.15) is 5.10 Å². The molecule has 6 nitrogen and oxygen atoms in total. The number of aromatic nitrogens is 2. The van der Waals surface area contributed by atoms with E-state index >= 15 is 0 Å². The third-order valence-corrected chi connectivity index (χ3v) is 2.76. The second-order valence-corrected chi connectivity index (χ2v) is 4.25. The molecule has 2 N–H and O–H groups in total. The SMILES string of the molecule is CCCn1cc(Oc2cccc(C(=O)OC)c2N)cn1. The molecule has 0 bridgehead atoms. The van der Waals surface area contributed by atoms with Gasteiger partial charge < -0.3 is 15.2 Å². The minimum atomic E-state index is -0.491. The summed E-state index contributed by atoms with van der Waals surface area (Å²) in [6.45, 7) is 2.89. The van der Waals surface area contributed by atoms with Crippen LogP contribution in [0.15, 0.2) is 30.6 Å². The Labute approximate surface area is 117 Å². The second-order valence-electron chi connectivity index (χ2n) is 4.25. The number of carbonyl (C=O) groups is 1. The Morgan fingerprint density at radius 1 is 1.45 bits per heavy atom. The molecular weight excluding hydrogens is 258 g/mol. The van der Waals surface area contributed by atoms with Crippen LogP contribution in [0.2, 0.25) is 0 Å². The van der Waals surface area contributed by atoms with E-state index in [0.29, 0.717) is 11.5 Å². The normalized spacial score (nSPS) is 10.3. The van der Waals surface area contributed by atoms with Crippen molar-refractivity contribution in [3.63, 3.8) is 0 Å². The first kappa shape index (κ1) is 13.9. The summed E-state index contributed by atoms with van der Waals surface area (Å²) < 4.78 is 12.1. The smallest absolute Gasteiger partial charge is 0.340 e. The molecular formula is C14H17N3O3. The predicted octanol–water partition coefficient (Wildman–Crippen LogP) is 2.45. The second kappa shape index (κ2) is 6.10. The molecule has 0 fully saturated rings. The van der Waals surface area contributed by atoms with Crippen LogP contribution in [0.25, 0.3) is 0 Å². The van der Waals surface area contributed by atoms with Gasteiger partial charge in [-0.05, 0) is 18.6 Å². The van der Waals surface area contributed by atoms with E-state index in [2.05, 4.69) is 16.8 Å². The zero-order valence-electron chi connectivity index (χ0n) is 11.5. The first-order chi connectivity index (χ1) is 9.65. The van der Waals surface area contributed by atoms with Crippen LogP contribution in [0.5, 0.6) is 11.5 Å². The average Bonchev–Trinajstić information content (AvgIpc) is 2.88. The molecule has 1 aromatic heterocycles. The van der Waals surface area contributed by atoms with Crippen molar-refractivity contribution in [2.45, 2.75) is 19.9 Å². The number of ether oxygens (including phenoxy) is 2. The number of methoxy groups -OCH3 is 1. The number of nitrogens with zero attached hydrogens (tertiary/aromatic N) is 2. The van der Waals surface area contributed by atoms with Crippen molar-refractivity contribution < 1.29 is 14.3 Å². The summed E-state index contributed by atoms with van der Waals surface area (Å²) in [4.78, 5) is 11.6. The van der Waals surface area contributed by atoms with Gasteiger partial charge in [-0.1, -0.05) is 13.0 Å². The van der Waals surface area contributed by atoms with Crippen LogP contribution in [0.3, 0.4) is 0 Å². The number of anilines is 1. The first-order valence-corrected chi connectivity index (χ1v) is 6.32. The van der Waals surface area contributed by atoms with Crippen molar-refractivity contribution in [1.29, 1.82) is 0 Å². The highest BCUT2D eigenvalue weighted by Crippen LogP contribution is 2.30. The summed E-state index contributed by atoms with van der Waals surface area (Å²) >= 11 is 0. The molecule has 2 aromatic rings. The molecule has 0 aliphatic heterocycles. The number of aryl methyl sites for hydroxylation is 1. The Morgan fingerprint density at radius 3 is 2.95 bits per heavy atom. The van der Waals surface area contributed by atoms with Gasteiger partial charge in [0, 0.05) is 6.54 Å². The van der Waals surface area contributed by atoms with E-state index in [9.17, 15) is 4.79 Å². The summed E-state index contributed by atoms with van der Waals surface area (Å²) in [6.07, 6.45) is 4.38. The first-order valence-electron chi connectivity index (χ1n) is 6.32. The Kier molecular flexibility index (Phi) is 4.24. The lowest BCUT2D eigenvalue weighted by Crippen LogP contribution is -2.06. The number of carbonyl (C=O) groups excluding carboxylic acids is 1. The topological polar surface area (TPSA) is 79.4 Å². The molecule has 0 atom stereocenters. The van der Waals surface area contributed by atoms with Crippen LogP contribution >= 0.6 is 0 Å². The fourth-order valence-corrected chi connectivity index (χ4v) is 1.80. The van der Waals surface area contributed by atoms with Crippen LogP contribution in [0.4, 0.5) is 5.69 Å². The van der Waals surface area contributed by atoms with Crippen molar-refractivity contribution >= 4 is 11.7 Å². The summed E-state index contributed by atoms with van der Waals surface area (Å²) in [5, 5.41) is 4.16. The number of esters is 1. The molecule has 0 saturated carbocycles. The van der Waals surface area contributed by atoms with Crippen molar-refractivity contribution in [3.8, 4) is 11.5 Å². The van der Waals surface area contributed by atoms with Gasteiger partial charge >= 0.3 is 5.97 Å². The summed E-state index contributed by atoms with van der Waals surface area (Å²) in [5.74, 6) is 0.491. The quantitative estimate of drug-likeness (QED) is 0.669. The fourth-order valence-electron chi connectivity index (χ4n) is 1.80. The molecule has 20 heavy (non-hydrogen) atoms. The van der Waals surface area contributed by atoms with Gasteiger partial charge in [0.2, 0.25) is 0 Å². The summed E-state index contributed by atoms with van der Waals surface area (Å²) in [5.41, 5.74) is 6.46. The fraction of sp³-hybridized carbons (Fsp3) is 0.286. The number of para-hydroxylation sites is 1. The minimum Gasteiger partial charge on any atom is -0.465 e. The van der Waals surface area contributed by atoms with Gasteiger partial charge in [0.25, 0.3) is 0 Å². The van der Waals surface area contributed by atoms with Gasteiger partial charge in [-0.3, -0.25) is 4.68 Å². The lowest BCUT2D eigenvalue weighted by Gasteiger charge is -2.09. The van der Waals surface area contributed by atoms with E-state index in [1.807, 2.05) is 0 Å². The molecule has 1 aromatic carbocycles. The van der Waals surface area contributed by atoms with Crippen molar-refractivity contribution in [2.75, 3.05) is 12.8 Å². The Bertz CT molecular complexity index is 607. The highest BCUT2D eigenvalue weighted by atomic mass is 16.5. The molecule has 0 radical (unpaired) electrons. The number of nitrogens with two attached hydrogens (primary N) is 1. The van der Waals surface area contributed by atoms with E-state index in [4.69, 9.17) is 10.5 Å². The Hall–Kier alpha value is -2.50. The number of benzene rings is 1. The van der Waals surface area contributed by atoms with Crippen LogP contribution < -0.4 is 10.5 Å². The van der Waals surface area contributed by atoms with Crippen LogP contribution in [-0.2, 0) is 11.3 Å². The molecule has 2 rings (SSSR count). The molecule has 106 valence electrons. The minimum absolute atomic E-state index is 0.252. The molecule has 6 heteroatoms. The molecule has 0 saturated heterocycles. The largest absolute Gasteiger partial charge is 0.465 e. The van der Waals surface area contributed by atoms with Gasteiger partial charge in [0.05, 0.1) is 30.8 Å². The summed E-state index contributed by atoms with van der Waals surface area (Å²) in [6, 6.07) is 4.97. The molecule has 0 spiro atoms. The Balaban J connectivity index is 2.22. The third-order valence-electron chi connectivity index (χ3n) is 2.76. The van der Waals surface area contributed by atoms with E-state index < -0.39 is 5.97 Å². The van der Waals surface area contributed by atoms with Gasteiger partial charge in [0.15, 0.2) is 11.5 Å². The van der Waals surface area contributed by atoms with Gasteiger partial charge in [-0.15, -0.1) is 0 Å². The standard InChI is InChI=1S/C14H17N3O3/c1-3-7-17-9-10(8-16-17)20-12-6-4-5-11(13(12)15)14(18)19-2/h4-6,8-9H,3,7,15H2,1-2H3. The van der Waals surface area contributed by atoms with Crippen LogP contribution in [0.1, 0.15) is 23.7 Å². The van der Waals surface area contributed by atoms with E-state index in [1.54, 1.807) is 35.3 Å². The lowest BCUT2D eigenvalue weighted by atomic mass is 10.1. The maximum atomic E-state index is 11.6. The van der Waals surface area contributed by atoms with E-state index in [0.717, 1.165) is 13.0 Å². The van der Waals surface area contributed by atoms with Crippen LogP contribution in [0, 0.1) is 0 Å². The zero-order chi connectivity index (χ0) is 14.5. The van der Waals surface area contributed by atoms with E-state index in [1.165, 1.54) is 7.11 Å². The summed E-state index contributed by atoms with van der Waals surface area (Å²) in [7, 11) is 1.31. The maximum absolute atomic E-state index is 11.6. The van der Waals surface area contributed by atoms with Gasteiger partial charge in [0.1, 0.15) is 0 Å². The maximum Gasteiger partial charge on any atom is 0.340 e. The number of nitrogen functional groups attached to an aromatic ring is 1. The number of hydrogen-bond acceptors (Lipinski definition) is 5. The zero-order valence-corrected chi connectivity index (χ0v) is 11.5. The molecule has 0 aliphatic rings. The van der Waals surface area contributed by atoms with E-state index in [-0.39, 0.29) is 11.3 Å². The van der Waals surface area contributed by atoms with Crippen molar-refractivity contribution in [2.24, 2.45) is 0 Å². The number of rotatable bonds is 5. The molecule has 0 aliphatic carbocycles. The number of hydrogen-bond donors (Lipinski definition) is 1. The predicted molar refractivity (Wildman–Crippen MR) is 74.8 cm³/mol. The average molecular weight is 275 g/mol. The van der Waals surface area contributed by atoms with Gasteiger partial charge in [-0.25, -0.2) is 4.79 Å². The van der Waals surface area contributed by atoms with Crippen molar-refractivity contribution in [3.05, 3.63) is 36.2 Å².